The normalized spacial score (nSPS) is 13.1. The van der Waals surface area contributed by atoms with Crippen molar-refractivity contribution in [3.8, 4) is 56.4 Å². The first-order valence-electron chi connectivity index (χ1n) is 17.5. The Morgan fingerprint density at radius 1 is 0.353 bits per heavy atom. The second-order valence-electron chi connectivity index (χ2n) is 14.1. The van der Waals surface area contributed by atoms with Crippen LogP contribution in [0.25, 0.3) is 88.7 Å². The zero-order valence-electron chi connectivity index (χ0n) is 28.4. The molecule has 0 aliphatic heterocycles. The molecule has 3 heteroatoms. The lowest BCUT2D eigenvalue weighted by Gasteiger charge is -2.21. The topological polar surface area (TPSA) is 38.7 Å². The summed E-state index contributed by atoms with van der Waals surface area (Å²) in [6.45, 7) is 4.66. The molecule has 1 aliphatic carbocycles. The molecule has 3 nitrogen and oxygen atoms in total. The number of rotatable bonds is 4. The molecule has 0 N–H and O–H groups in total. The van der Waals surface area contributed by atoms with E-state index in [0.29, 0.717) is 17.5 Å². The van der Waals surface area contributed by atoms with Crippen LogP contribution >= 0.6 is 0 Å². The van der Waals surface area contributed by atoms with Crippen LogP contribution in [-0.4, -0.2) is 15.0 Å². The van der Waals surface area contributed by atoms with Crippen molar-refractivity contribution < 1.29 is 0 Å². The number of benzene rings is 8. The van der Waals surface area contributed by atoms with Gasteiger partial charge in [-0.25, -0.2) is 15.0 Å². The molecule has 8 aromatic carbocycles. The average Bonchev–Trinajstić information content (AvgIpc) is 3.42. The number of hydrogen-bond acceptors (Lipinski definition) is 3. The summed E-state index contributed by atoms with van der Waals surface area (Å²) in [5.74, 6) is 1.95. The molecule has 51 heavy (non-hydrogen) atoms. The predicted molar refractivity (Wildman–Crippen MR) is 212 cm³/mol. The van der Waals surface area contributed by atoms with E-state index in [1.807, 2.05) is 0 Å². The maximum absolute atomic E-state index is 5.27. The molecular weight excluding hydrogens is 619 g/mol. The molecule has 1 heterocycles. The van der Waals surface area contributed by atoms with E-state index < -0.39 is 0 Å². The van der Waals surface area contributed by atoms with Gasteiger partial charge in [-0.05, 0) is 84.4 Å². The van der Waals surface area contributed by atoms with Gasteiger partial charge in [0.15, 0.2) is 17.5 Å². The number of fused-ring (bicyclic) bond motifs is 6. The van der Waals surface area contributed by atoms with Gasteiger partial charge < -0.3 is 0 Å². The van der Waals surface area contributed by atoms with E-state index in [-0.39, 0.29) is 5.41 Å². The summed E-state index contributed by atoms with van der Waals surface area (Å²) >= 11 is 0. The average molecular weight is 652 g/mol. The third-order valence-corrected chi connectivity index (χ3v) is 10.7. The summed E-state index contributed by atoms with van der Waals surface area (Å²) in [5.41, 5.74) is 10.4. The third kappa shape index (κ3) is 4.77. The van der Waals surface area contributed by atoms with Crippen LogP contribution in [0.2, 0.25) is 0 Å². The summed E-state index contributed by atoms with van der Waals surface area (Å²) in [7, 11) is 0. The molecule has 0 atom stereocenters. The van der Waals surface area contributed by atoms with Crippen molar-refractivity contribution in [2.45, 2.75) is 19.3 Å². The lowest BCUT2D eigenvalue weighted by molar-refractivity contribution is 0.660. The number of hydrogen-bond donors (Lipinski definition) is 0. The summed E-state index contributed by atoms with van der Waals surface area (Å²) < 4.78 is 0. The second-order valence-corrected chi connectivity index (χ2v) is 14.1. The minimum atomic E-state index is -0.0657. The van der Waals surface area contributed by atoms with Crippen LogP contribution in [-0.2, 0) is 5.41 Å². The Hall–Kier alpha value is -6.45. The van der Waals surface area contributed by atoms with Crippen LogP contribution < -0.4 is 0 Å². The van der Waals surface area contributed by atoms with Crippen LogP contribution in [0.5, 0.6) is 0 Å². The van der Waals surface area contributed by atoms with Gasteiger partial charge in [0.05, 0.1) is 0 Å². The summed E-state index contributed by atoms with van der Waals surface area (Å²) in [4.78, 5) is 15.7. The molecule has 9 aromatic rings. The Labute approximate surface area is 297 Å². The molecule has 10 rings (SSSR count). The van der Waals surface area contributed by atoms with E-state index >= 15 is 0 Å². The van der Waals surface area contributed by atoms with Crippen molar-refractivity contribution in [2.75, 3.05) is 0 Å². The van der Waals surface area contributed by atoms with Crippen molar-refractivity contribution in [2.24, 2.45) is 0 Å². The van der Waals surface area contributed by atoms with Crippen LogP contribution in [0.1, 0.15) is 25.0 Å². The van der Waals surface area contributed by atoms with E-state index in [2.05, 4.69) is 178 Å². The summed E-state index contributed by atoms with van der Waals surface area (Å²) in [6.07, 6.45) is 0. The highest BCUT2D eigenvalue weighted by Gasteiger charge is 2.35. The molecule has 0 unspecified atom stereocenters. The first kappa shape index (κ1) is 29.5. The molecule has 0 radical (unpaired) electrons. The van der Waals surface area contributed by atoms with Gasteiger partial charge >= 0.3 is 0 Å². The van der Waals surface area contributed by atoms with E-state index in [1.54, 1.807) is 0 Å². The zero-order chi connectivity index (χ0) is 34.1. The SMILES string of the molecule is CC1(C)c2ccccc2-c2cc(-c3c(-c4nc(-c5ccc6ccccc6c5)nc(-c5ccc6ccccc6c5)n4)ccc4ccccc34)ccc21. The van der Waals surface area contributed by atoms with Crippen molar-refractivity contribution in [1.29, 1.82) is 0 Å². The van der Waals surface area contributed by atoms with Gasteiger partial charge in [-0.2, -0.15) is 0 Å². The fraction of sp³-hybridized carbons (Fsp3) is 0.0625. The van der Waals surface area contributed by atoms with Crippen LogP contribution in [0.4, 0.5) is 0 Å². The number of aromatic nitrogens is 3. The minimum absolute atomic E-state index is 0.0657. The minimum Gasteiger partial charge on any atom is -0.208 e. The Kier molecular flexibility index (Phi) is 6.53. The highest BCUT2D eigenvalue weighted by atomic mass is 15.0. The van der Waals surface area contributed by atoms with Gasteiger partial charge in [-0.3, -0.25) is 0 Å². The predicted octanol–water partition coefficient (Wildman–Crippen LogP) is 12.3. The first-order valence-corrected chi connectivity index (χ1v) is 17.5. The van der Waals surface area contributed by atoms with Crippen molar-refractivity contribution in [3.05, 3.63) is 175 Å². The summed E-state index contributed by atoms with van der Waals surface area (Å²) in [5, 5.41) is 7.01. The largest absolute Gasteiger partial charge is 0.208 e. The van der Waals surface area contributed by atoms with Gasteiger partial charge in [0, 0.05) is 27.7 Å². The monoisotopic (exact) mass is 651 g/mol. The van der Waals surface area contributed by atoms with E-state index in [0.717, 1.165) is 38.6 Å². The molecule has 0 spiro atoms. The number of nitrogens with zero attached hydrogens (tertiary/aromatic N) is 3. The maximum atomic E-state index is 5.27. The first-order chi connectivity index (χ1) is 25.0. The van der Waals surface area contributed by atoms with Crippen LogP contribution in [0.3, 0.4) is 0 Å². The molecule has 1 aliphatic rings. The van der Waals surface area contributed by atoms with E-state index in [9.17, 15) is 0 Å². The Morgan fingerprint density at radius 2 is 0.863 bits per heavy atom. The van der Waals surface area contributed by atoms with E-state index in [1.165, 1.54) is 43.8 Å². The zero-order valence-corrected chi connectivity index (χ0v) is 28.4. The standard InChI is InChI=1S/C48H33N3/c1-48(2)42-18-10-9-17-39(42)41-29-35(24-26-43(41)48)44-38-16-8-7-13-32(38)23-25-40(44)47-50-45(36-21-19-30-11-3-5-14-33(30)27-36)49-46(51-47)37-22-20-31-12-4-6-15-34(31)28-37/h3-29H,1-2H3. The molecule has 0 saturated heterocycles. The fourth-order valence-electron chi connectivity index (χ4n) is 8.06. The van der Waals surface area contributed by atoms with Crippen molar-refractivity contribution in [1.82, 2.24) is 15.0 Å². The Morgan fingerprint density at radius 3 is 1.55 bits per heavy atom. The highest BCUT2D eigenvalue weighted by molar-refractivity contribution is 6.04. The Bertz CT molecular complexity index is 2750. The van der Waals surface area contributed by atoms with Gasteiger partial charge in [0.1, 0.15) is 0 Å². The second kappa shape index (κ2) is 11.3. The molecule has 0 amide bonds. The summed E-state index contributed by atoms with van der Waals surface area (Å²) in [6, 6.07) is 58.5. The van der Waals surface area contributed by atoms with Gasteiger partial charge in [-0.1, -0.05) is 153 Å². The van der Waals surface area contributed by atoms with Crippen molar-refractivity contribution in [3.63, 3.8) is 0 Å². The molecule has 240 valence electrons. The lowest BCUT2D eigenvalue weighted by Crippen LogP contribution is -2.14. The Balaban J connectivity index is 1.23. The molecule has 0 fully saturated rings. The maximum Gasteiger partial charge on any atom is 0.164 e. The highest BCUT2D eigenvalue weighted by Crippen LogP contribution is 2.50. The van der Waals surface area contributed by atoms with E-state index in [4.69, 9.17) is 15.0 Å². The molecular formula is C48H33N3. The van der Waals surface area contributed by atoms with Gasteiger partial charge in [0.25, 0.3) is 0 Å². The third-order valence-electron chi connectivity index (χ3n) is 10.7. The van der Waals surface area contributed by atoms with Gasteiger partial charge in [-0.15, -0.1) is 0 Å². The smallest absolute Gasteiger partial charge is 0.164 e. The van der Waals surface area contributed by atoms with Crippen LogP contribution in [0, 0.1) is 0 Å². The van der Waals surface area contributed by atoms with Crippen LogP contribution in [0.15, 0.2) is 164 Å². The molecule has 0 bridgehead atoms. The quantitative estimate of drug-likeness (QED) is 0.190. The lowest BCUT2D eigenvalue weighted by atomic mass is 9.82. The van der Waals surface area contributed by atoms with Crippen molar-refractivity contribution >= 4 is 32.3 Å². The fourth-order valence-corrected chi connectivity index (χ4v) is 8.06. The molecule has 0 saturated carbocycles. The molecule has 1 aromatic heterocycles. The van der Waals surface area contributed by atoms with Gasteiger partial charge in [0.2, 0.25) is 0 Å².